The van der Waals surface area contributed by atoms with Crippen LogP contribution < -0.4 is 5.32 Å². The molecule has 0 amide bonds. The number of benzene rings is 1. The molecule has 2 aromatic rings. The zero-order valence-electron chi connectivity index (χ0n) is 11.3. The van der Waals surface area contributed by atoms with Crippen LogP contribution in [0.3, 0.4) is 0 Å². The van der Waals surface area contributed by atoms with Gasteiger partial charge >= 0.3 is 0 Å². The van der Waals surface area contributed by atoms with Gasteiger partial charge in [0.15, 0.2) is 5.82 Å². The van der Waals surface area contributed by atoms with E-state index in [1.54, 1.807) is 0 Å². The summed E-state index contributed by atoms with van der Waals surface area (Å²) in [5.74, 6) is 3.82. The first-order valence-electron chi connectivity index (χ1n) is 6.75. The molecule has 0 aliphatic carbocycles. The van der Waals surface area contributed by atoms with Gasteiger partial charge in [-0.25, -0.2) is 9.97 Å². The lowest BCUT2D eigenvalue weighted by Crippen LogP contribution is -2.08. The van der Waals surface area contributed by atoms with Gasteiger partial charge in [0.05, 0.1) is 5.69 Å². The molecule has 104 valence electrons. The number of aromatic nitrogens is 2. The van der Waals surface area contributed by atoms with Crippen LogP contribution in [0.2, 0.25) is 0 Å². The first-order chi connectivity index (χ1) is 9.78. The Bertz CT molecular complexity index is 631. The molecule has 2 heterocycles. The standard InChI is InChI=1S/C15H16BrN3S/c1-2-6-17-15-12-8-20-9-13(12)18-14(19-15)10-4-3-5-11(16)7-10/h3-5,7H,2,6,8-9H2,1H3,(H,17,18,19). The molecule has 1 aromatic heterocycles. The minimum absolute atomic E-state index is 0.811. The van der Waals surface area contributed by atoms with Crippen molar-refractivity contribution >= 4 is 33.5 Å². The first-order valence-corrected chi connectivity index (χ1v) is 8.70. The van der Waals surface area contributed by atoms with Crippen LogP contribution >= 0.6 is 27.7 Å². The van der Waals surface area contributed by atoms with Crippen LogP contribution in [0, 0.1) is 0 Å². The number of anilines is 1. The Morgan fingerprint density at radius 2 is 2.20 bits per heavy atom. The molecule has 0 bridgehead atoms. The van der Waals surface area contributed by atoms with E-state index in [1.165, 1.54) is 11.3 Å². The lowest BCUT2D eigenvalue weighted by Gasteiger charge is -2.11. The van der Waals surface area contributed by atoms with E-state index in [1.807, 2.05) is 23.9 Å². The Balaban J connectivity index is 2.04. The number of fused-ring (bicyclic) bond motifs is 1. The van der Waals surface area contributed by atoms with Crippen LogP contribution in [-0.4, -0.2) is 16.5 Å². The summed E-state index contributed by atoms with van der Waals surface area (Å²) in [5.41, 5.74) is 3.51. The maximum absolute atomic E-state index is 4.74. The summed E-state index contributed by atoms with van der Waals surface area (Å²) < 4.78 is 1.05. The highest BCUT2D eigenvalue weighted by molar-refractivity contribution is 9.10. The van der Waals surface area contributed by atoms with E-state index in [-0.39, 0.29) is 0 Å². The maximum Gasteiger partial charge on any atom is 0.161 e. The zero-order valence-corrected chi connectivity index (χ0v) is 13.7. The van der Waals surface area contributed by atoms with E-state index in [2.05, 4.69) is 40.3 Å². The Hall–Kier alpha value is -1.07. The van der Waals surface area contributed by atoms with Crippen molar-refractivity contribution in [2.24, 2.45) is 0 Å². The number of hydrogen-bond acceptors (Lipinski definition) is 4. The van der Waals surface area contributed by atoms with Gasteiger partial charge in [-0.05, 0) is 18.6 Å². The Morgan fingerprint density at radius 1 is 1.30 bits per heavy atom. The van der Waals surface area contributed by atoms with Crippen molar-refractivity contribution in [1.82, 2.24) is 9.97 Å². The highest BCUT2D eigenvalue weighted by atomic mass is 79.9. The predicted molar refractivity (Wildman–Crippen MR) is 88.9 cm³/mol. The molecular formula is C15H16BrN3S. The molecule has 1 aliphatic heterocycles. The van der Waals surface area contributed by atoms with Gasteiger partial charge in [-0.1, -0.05) is 35.0 Å². The largest absolute Gasteiger partial charge is 0.370 e. The van der Waals surface area contributed by atoms with Gasteiger partial charge in [0.1, 0.15) is 5.82 Å². The van der Waals surface area contributed by atoms with Crippen LogP contribution in [0.15, 0.2) is 28.7 Å². The second-order valence-electron chi connectivity index (χ2n) is 4.75. The average molecular weight is 350 g/mol. The van der Waals surface area contributed by atoms with Crippen molar-refractivity contribution in [3.63, 3.8) is 0 Å². The van der Waals surface area contributed by atoms with Crippen LogP contribution in [0.4, 0.5) is 5.82 Å². The molecule has 1 N–H and O–H groups in total. The molecule has 0 unspecified atom stereocenters. The lowest BCUT2D eigenvalue weighted by atomic mass is 10.2. The molecular weight excluding hydrogens is 334 g/mol. The van der Waals surface area contributed by atoms with E-state index < -0.39 is 0 Å². The van der Waals surface area contributed by atoms with E-state index in [0.717, 1.165) is 46.1 Å². The summed E-state index contributed by atoms with van der Waals surface area (Å²) >= 11 is 5.41. The fourth-order valence-electron chi connectivity index (χ4n) is 2.20. The van der Waals surface area contributed by atoms with Crippen LogP contribution in [-0.2, 0) is 11.5 Å². The third kappa shape index (κ3) is 2.83. The third-order valence-corrected chi connectivity index (χ3v) is 4.67. The van der Waals surface area contributed by atoms with Gasteiger partial charge in [0, 0.05) is 33.7 Å². The minimum atomic E-state index is 0.811. The van der Waals surface area contributed by atoms with Crippen molar-refractivity contribution in [3.05, 3.63) is 40.0 Å². The fourth-order valence-corrected chi connectivity index (χ4v) is 3.64. The Labute approximate surface area is 131 Å². The summed E-state index contributed by atoms with van der Waals surface area (Å²) in [7, 11) is 0. The zero-order chi connectivity index (χ0) is 13.9. The normalized spacial score (nSPS) is 13.3. The van der Waals surface area contributed by atoms with Crippen LogP contribution in [0.5, 0.6) is 0 Å². The second-order valence-corrected chi connectivity index (χ2v) is 6.65. The highest BCUT2D eigenvalue weighted by Gasteiger charge is 2.20. The molecule has 3 rings (SSSR count). The van der Waals surface area contributed by atoms with Gasteiger partial charge < -0.3 is 5.32 Å². The minimum Gasteiger partial charge on any atom is -0.370 e. The number of nitrogens with zero attached hydrogens (tertiary/aromatic N) is 2. The van der Waals surface area contributed by atoms with Crippen molar-refractivity contribution in [2.75, 3.05) is 11.9 Å². The van der Waals surface area contributed by atoms with Gasteiger partial charge in [-0.2, -0.15) is 11.8 Å². The molecule has 0 spiro atoms. The third-order valence-electron chi connectivity index (χ3n) is 3.20. The molecule has 1 aliphatic rings. The molecule has 1 aromatic carbocycles. The number of rotatable bonds is 4. The van der Waals surface area contributed by atoms with Gasteiger partial charge in [-0.3, -0.25) is 0 Å². The molecule has 20 heavy (non-hydrogen) atoms. The number of halogens is 1. The van der Waals surface area contributed by atoms with E-state index >= 15 is 0 Å². The SMILES string of the molecule is CCCNc1nc(-c2cccc(Br)c2)nc2c1CSC2. The van der Waals surface area contributed by atoms with E-state index in [9.17, 15) is 0 Å². The number of thioether (sulfide) groups is 1. The monoisotopic (exact) mass is 349 g/mol. The summed E-state index contributed by atoms with van der Waals surface area (Å²) in [6.07, 6.45) is 1.10. The molecule has 3 nitrogen and oxygen atoms in total. The molecule has 0 saturated heterocycles. The van der Waals surface area contributed by atoms with Crippen molar-refractivity contribution in [2.45, 2.75) is 24.9 Å². The van der Waals surface area contributed by atoms with Crippen LogP contribution in [0.1, 0.15) is 24.6 Å². The average Bonchev–Trinajstić information content (AvgIpc) is 2.93. The van der Waals surface area contributed by atoms with E-state index in [4.69, 9.17) is 9.97 Å². The molecule has 0 radical (unpaired) electrons. The van der Waals surface area contributed by atoms with Crippen molar-refractivity contribution in [3.8, 4) is 11.4 Å². The van der Waals surface area contributed by atoms with Crippen molar-refractivity contribution < 1.29 is 0 Å². The second kappa shape index (κ2) is 6.14. The Kier molecular flexibility index (Phi) is 4.27. The topological polar surface area (TPSA) is 37.8 Å². The summed E-state index contributed by atoms with van der Waals surface area (Å²) in [5, 5.41) is 3.44. The number of nitrogens with one attached hydrogen (secondary N) is 1. The first kappa shape index (κ1) is 13.9. The Morgan fingerprint density at radius 3 is 3.00 bits per heavy atom. The predicted octanol–water partition coefficient (Wildman–Crippen LogP) is 4.47. The smallest absolute Gasteiger partial charge is 0.161 e. The van der Waals surface area contributed by atoms with Gasteiger partial charge in [0.2, 0.25) is 0 Å². The quantitative estimate of drug-likeness (QED) is 0.883. The lowest BCUT2D eigenvalue weighted by molar-refractivity contribution is 0.955. The molecule has 0 atom stereocenters. The van der Waals surface area contributed by atoms with Crippen molar-refractivity contribution in [1.29, 1.82) is 0 Å². The fraction of sp³-hybridized carbons (Fsp3) is 0.333. The molecule has 0 fully saturated rings. The summed E-state index contributed by atoms with van der Waals surface area (Å²) in [6.45, 7) is 3.12. The molecule has 0 saturated carbocycles. The number of hydrogen-bond donors (Lipinski definition) is 1. The summed E-state index contributed by atoms with van der Waals surface area (Å²) in [4.78, 5) is 9.48. The van der Waals surface area contributed by atoms with Gasteiger partial charge in [0.25, 0.3) is 0 Å². The van der Waals surface area contributed by atoms with Gasteiger partial charge in [-0.15, -0.1) is 0 Å². The molecule has 5 heteroatoms. The van der Waals surface area contributed by atoms with Crippen LogP contribution in [0.25, 0.3) is 11.4 Å². The van der Waals surface area contributed by atoms with E-state index in [0.29, 0.717) is 0 Å². The highest BCUT2D eigenvalue weighted by Crippen LogP contribution is 2.34. The summed E-state index contributed by atoms with van der Waals surface area (Å²) in [6, 6.07) is 8.15. The maximum atomic E-state index is 4.74.